The molecule has 1 aromatic carbocycles. The molecule has 0 fully saturated rings. The smallest absolute Gasteiger partial charge is 0.338 e. The van der Waals surface area contributed by atoms with Gasteiger partial charge in [-0.15, -0.1) is 0 Å². The highest BCUT2D eigenvalue weighted by Crippen LogP contribution is 2.26. The normalized spacial score (nSPS) is 16.2. The van der Waals surface area contributed by atoms with E-state index >= 15 is 0 Å². The van der Waals surface area contributed by atoms with Crippen LogP contribution in [-0.4, -0.2) is 28.8 Å². The van der Waals surface area contributed by atoms with Gasteiger partial charge in [0, 0.05) is 17.0 Å². The number of carbonyl (C=O) groups excluding carboxylic acids is 1. The van der Waals surface area contributed by atoms with Crippen molar-refractivity contribution in [3.8, 4) is 0 Å². The maximum absolute atomic E-state index is 11.4. The third-order valence-corrected chi connectivity index (χ3v) is 3.01. The van der Waals surface area contributed by atoms with Crippen LogP contribution in [0.15, 0.2) is 23.3 Å². The van der Waals surface area contributed by atoms with Gasteiger partial charge in [0.05, 0.1) is 11.7 Å². The van der Waals surface area contributed by atoms with Crippen LogP contribution >= 0.6 is 0 Å². The summed E-state index contributed by atoms with van der Waals surface area (Å²) in [6.07, 6.45) is -2.04. The Morgan fingerprint density at radius 3 is 3.00 bits per heavy atom. The molecular formula is C12H13N3O4. The predicted molar refractivity (Wildman–Crippen MR) is 65.2 cm³/mol. The number of fused-ring (bicyclic) bond motifs is 1. The zero-order valence-corrected chi connectivity index (χ0v) is 10.1. The molecule has 1 aliphatic rings. The maximum atomic E-state index is 11.4. The number of nitrogens with zero attached hydrogens (tertiary/aromatic N) is 3. The largest absolute Gasteiger partial charge is 0.457 e. The fraction of sp³-hybridized carbons (Fsp3) is 0.417. The molecule has 0 bridgehead atoms. The molecule has 7 nitrogen and oxygen atoms in total. The molecule has 0 saturated heterocycles. The molecule has 2 unspecified atom stereocenters. The monoisotopic (exact) mass is 263 g/mol. The lowest BCUT2D eigenvalue weighted by Crippen LogP contribution is -2.19. The Balaban J connectivity index is 2.11. The van der Waals surface area contributed by atoms with E-state index in [0.29, 0.717) is 11.1 Å². The number of azide groups is 1. The first-order valence-electron chi connectivity index (χ1n) is 5.80. The van der Waals surface area contributed by atoms with Crippen LogP contribution in [0.25, 0.3) is 10.4 Å². The fourth-order valence-electron chi connectivity index (χ4n) is 1.93. The number of cyclic esters (lactones) is 1. The number of esters is 1. The van der Waals surface area contributed by atoms with Crippen molar-refractivity contribution in [3.05, 3.63) is 45.3 Å². The highest BCUT2D eigenvalue weighted by Gasteiger charge is 2.24. The number of carbonyl (C=O) groups is 1. The van der Waals surface area contributed by atoms with Gasteiger partial charge < -0.3 is 14.9 Å². The predicted octanol–water partition coefficient (Wildman–Crippen LogP) is 1.45. The lowest BCUT2D eigenvalue weighted by Gasteiger charge is -2.17. The number of ether oxygens (including phenoxy) is 1. The van der Waals surface area contributed by atoms with Crippen molar-refractivity contribution in [2.45, 2.75) is 25.2 Å². The molecule has 2 N–H and O–H groups in total. The Morgan fingerprint density at radius 1 is 1.47 bits per heavy atom. The van der Waals surface area contributed by atoms with E-state index in [4.69, 9.17) is 10.3 Å². The molecule has 0 aliphatic carbocycles. The minimum absolute atomic E-state index is 0.0989. The van der Waals surface area contributed by atoms with Gasteiger partial charge in [0.2, 0.25) is 0 Å². The Bertz CT molecular complexity index is 540. The van der Waals surface area contributed by atoms with Crippen molar-refractivity contribution in [3.63, 3.8) is 0 Å². The first-order valence-corrected chi connectivity index (χ1v) is 5.80. The maximum Gasteiger partial charge on any atom is 0.338 e. The average Bonchev–Trinajstić information content (AvgIpc) is 2.79. The van der Waals surface area contributed by atoms with Gasteiger partial charge in [-0.1, -0.05) is 17.2 Å². The van der Waals surface area contributed by atoms with Gasteiger partial charge in [0.1, 0.15) is 12.7 Å². The average molecular weight is 263 g/mol. The summed E-state index contributed by atoms with van der Waals surface area (Å²) >= 11 is 0. The molecular weight excluding hydrogens is 250 g/mol. The SMILES string of the molecule is [N-]=[N+]=NCCC(O)C(O)c1ccc2c(c1)C(=O)OC2. The third kappa shape index (κ3) is 2.85. The second-order valence-corrected chi connectivity index (χ2v) is 4.25. The summed E-state index contributed by atoms with van der Waals surface area (Å²) in [5.74, 6) is -0.423. The zero-order chi connectivity index (χ0) is 13.8. The van der Waals surface area contributed by atoms with Crippen molar-refractivity contribution < 1.29 is 19.7 Å². The van der Waals surface area contributed by atoms with Gasteiger partial charge in [-0.3, -0.25) is 0 Å². The third-order valence-electron chi connectivity index (χ3n) is 3.01. The first-order chi connectivity index (χ1) is 9.13. The van der Waals surface area contributed by atoms with Gasteiger partial charge >= 0.3 is 5.97 Å². The van der Waals surface area contributed by atoms with Gasteiger partial charge in [0.25, 0.3) is 0 Å². The van der Waals surface area contributed by atoms with Crippen molar-refractivity contribution >= 4 is 5.97 Å². The van der Waals surface area contributed by atoms with E-state index in [0.717, 1.165) is 5.56 Å². The number of aliphatic hydroxyl groups is 2. The standard InChI is InChI=1S/C12H13N3O4/c13-15-14-4-3-10(16)11(17)7-1-2-8-6-19-12(18)9(8)5-7/h1-2,5,10-11,16-17H,3-4,6H2. The topological polar surface area (TPSA) is 116 Å². The minimum atomic E-state index is -1.13. The summed E-state index contributed by atoms with van der Waals surface area (Å²) in [5, 5.41) is 23.0. The number of hydrogen-bond donors (Lipinski definition) is 2. The number of aliphatic hydroxyl groups excluding tert-OH is 2. The zero-order valence-electron chi connectivity index (χ0n) is 10.1. The molecule has 100 valence electrons. The molecule has 0 amide bonds. The van der Waals surface area contributed by atoms with Crippen LogP contribution in [0.4, 0.5) is 0 Å². The summed E-state index contributed by atoms with van der Waals surface area (Å²) in [4.78, 5) is 14.0. The summed E-state index contributed by atoms with van der Waals surface area (Å²) in [6, 6.07) is 4.85. The molecule has 2 rings (SSSR count). The van der Waals surface area contributed by atoms with Crippen LogP contribution in [0, 0.1) is 0 Å². The van der Waals surface area contributed by atoms with Crippen molar-refractivity contribution in [1.29, 1.82) is 0 Å². The van der Waals surface area contributed by atoms with Crippen LogP contribution < -0.4 is 0 Å². The summed E-state index contributed by atoms with van der Waals surface area (Å²) in [5.41, 5.74) is 9.75. The second-order valence-electron chi connectivity index (χ2n) is 4.25. The number of rotatable bonds is 5. The summed E-state index contributed by atoms with van der Waals surface area (Å²) < 4.78 is 4.86. The molecule has 0 spiro atoms. The molecule has 0 saturated carbocycles. The number of benzene rings is 1. The molecule has 0 radical (unpaired) electrons. The Hall–Kier alpha value is -2.08. The Morgan fingerprint density at radius 2 is 2.26 bits per heavy atom. The van der Waals surface area contributed by atoms with Crippen LogP contribution in [0.5, 0.6) is 0 Å². The Kier molecular flexibility index (Phi) is 4.01. The van der Waals surface area contributed by atoms with Gasteiger partial charge in [-0.25, -0.2) is 4.79 Å². The van der Waals surface area contributed by atoms with Gasteiger partial charge in [0.15, 0.2) is 0 Å². The van der Waals surface area contributed by atoms with E-state index < -0.39 is 18.2 Å². The molecule has 0 aromatic heterocycles. The van der Waals surface area contributed by atoms with Gasteiger partial charge in [-0.2, -0.15) is 0 Å². The van der Waals surface area contributed by atoms with Crippen LogP contribution in [0.1, 0.15) is 34.0 Å². The molecule has 7 heteroatoms. The van der Waals surface area contributed by atoms with Crippen LogP contribution in [0.2, 0.25) is 0 Å². The van der Waals surface area contributed by atoms with E-state index in [1.165, 1.54) is 6.07 Å². The van der Waals surface area contributed by atoms with E-state index in [1.54, 1.807) is 12.1 Å². The summed E-state index contributed by atoms with van der Waals surface area (Å²) in [7, 11) is 0. The second kappa shape index (κ2) is 5.71. The highest BCUT2D eigenvalue weighted by molar-refractivity contribution is 5.93. The van der Waals surface area contributed by atoms with Gasteiger partial charge in [-0.05, 0) is 23.6 Å². The fourth-order valence-corrected chi connectivity index (χ4v) is 1.93. The van der Waals surface area contributed by atoms with E-state index in [1.807, 2.05) is 0 Å². The molecule has 2 atom stereocenters. The molecule has 19 heavy (non-hydrogen) atoms. The Labute approximate surface area is 109 Å². The lowest BCUT2D eigenvalue weighted by atomic mass is 9.98. The van der Waals surface area contributed by atoms with Crippen molar-refractivity contribution in [1.82, 2.24) is 0 Å². The van der Waals surface area contributed by atoms with Crippen molar-refractivity contribution in [2.24, 2.45) is 5.11 Å². The summed E-state index contributed by atoms with van der Waals surface area (Å²) in [6.45, 7) is 0.339. The lowest BCUT2D eigenvalue weighted by molar-refractivity contribution is 0.0150. The quantitative estimate of drug-likeness (QED) is 0.362. The van der Waals surface area contributed by atoms with Crippen molar-refractivity contribution in [2.75, 3.05) is 6.54 Å². The van der Waals surface area contributed by atoms with E-state index in [-0.39, 0.29) is 19.6 Å². The molecule has 1 aliphatic heterocycles. The van der Waals surface area contributed by atoms with Crippen LogP contribution in [-0.2, 0) is 11.3 Å². The molecule has 1 heterocycles. The first kappa shape index (κ1) is 13.4. The molecule has 1 aromatic rings. The van der Waals surface area contributed by atoms with E-state index in [2.05, 4.69) is 10.0 Å². The van der Waals surface area contributed by atoms with Crippen LogP contribution in [0.3, 0.4) is 0 Å². The van der Waals surface area contributed by atoms with E-state index in [9.17, 15) is 15.0 Å². The minimum Gasteiger partial charge on any atom is -0.457 e. The highest BCUT2D eigenvalue weighted by atomic mass is 16.5. The number of hydrogen-bond acceptors (Lipinski definition) is 5.